The molecule has 2 heterocycles. The van der Waals surface area contributed by atoms with Crippen LogP contribution in [0.1, 0.15) is 79.1 Å². The Balaban J connectivity index is 1.69. The van der Waals surface area contributed by atoms with Crippen molar-refractivity contribution in [2.45, 2.75) is 84.7 Å². The van der Waals surface area contributed by atoms with Gasteiger partial charge in [-0.05, 0) is 93.7 Å². The standard InChI is InChI=1S/C32H41NO5/c1-19-25-17-22(36-5)13-15-23(25)29-28(20-10-8-7-9-11-20)24-14-12-21(30(34)38-32(2,3)4)16-27(24)33(29)18-26(19)31(35)37-6/h12,16-17,20,24H,7-11,13-15,18H2,1-6H3. The van der Waals surface area contributed by atoms with Gasteiger partial charge in [0.25, 0.3) is 0 Å². The molecule has 5 rings (SSSR count). The molecule has 0 N–H and O–H groups in total. The van der Waals surface area contributed by atoms with Gasteiger partial charge in [0.15, 0.2) is 0 Å². The molecule has 0 aromatic rings. The molecule has 6 nitrogen and oxygen atoms in total. The van der Waals surface area contributed by atoms with E-state index in [9.17, 15) is 9.59 Å². The summed E-state index contributed by atoms with van der Waals surface area (Å²) in [6.45, 7) is 8.13. The van der Waals surface area contributed by atoms with Crippen molar-refractivity contribution in [2.24, 2.45) is 11.8 Å². The van der Waals surface area contributed by atoms with Gasteiger partial charge < -0.3 is 19.1 Å². The number of methoxy groups -OCH3 is 2. The third-order valence-electron chi connectivity index (χ3n) is 8.55. The van der Waals surface area contributed by atoms with Gasteiger partial charge in [-0.2, -0.15) is 0 Å². The number of fused-ring (bicyclic) bond motifs is 4. The summed E-state index contributed by atoms with van der Waals surface area (Å²) >= 11 is 0. The first kappa shape index (κ1) is 26.6. The molecule has 1 saturated carbocycles. The van der Waals surface area contributed by atoms with Crippen LogP contribution >= 0.6 is 0 Å². The van der Waals surface area contributed by atoms with E-state index in [1.54, 1.807) is 7.11 Å². The molecule has 0 aromatic heterocycles. The van der Waals surface area contributed by atoms with E-state index in [0.29, 0.717) is 23.6 Å². The second kappa shape index (κ2) is 10.3. The minimum absolute atomic E-state index is 0.207. The summed E-state index contributed by atoms with van der Waals surface area (Å²) in [6.07, 6.45) is 14.8. The number of ether oxygens (including phenoxy) is 3. The molecule has 0 aromatic carbocycles. The molecule has 0 amide bonds. The van der Waals surface area contributed by atoms with Gasteiger partial charge in [0.05, 0.1) is 37.7 Å². The molecule has 38 heavy (non-hydrogen) atoms. The molecule has 1 unspecified atom stereocenters. The second-order valence-electron chi connectivity index (χ2n) is 12.0. The Morgan fingerprint density at radius 1 is 1.00 bits per heavy atom. The van der Waals surface area contributed by atoms with Crippen molar-refractivity contribution in [1.29, 1.82) is 0 Å². The summed E-state index contributed by atoms with van der Waals surface area (Å²) < 4.78 is 16.7. The van der Waals surface area contributed by atoms with Crippen LogP contribution in [0, 0.1) is 11.8 Å². The van der Waals surface area contributed by atoms with Crippen molar-refractivity contribution in [2.75, 3.05) is 20.8 Å². The van der Waals surface area contributed by atoms with Crippen LogP contribution in [0.5, 0.6) is 0 Å². The Bertz CT molecular complexity index is 1230. The number of hydrogen-bond donors (Lipinski definition) is 0. The monoisotopic (exact) mass is 519 g/mol. The third-order valence-corrected chi connectivity index (χ3v) is 8.55. The summed E-state index contributed by atoms with van der Waals surface area (Å²) in [4.78, 5) is 28.5. The summed E-state index contributed by atoms with van der Waals surface area (Å²) in [5.41, 5.74) is 7.88. The summed E-state index contributed by atoms with van der Waals surface area (Å²) in [7, 11) is 3.16. The zero-order valence-electron chi connectivity index (χ0n) is 23.7. The van der Waals surface area contributed by atoms with E-state index >= 15 is 0 Å². The first-order chi connectivity index (χ1) is 18.1. The Labute approximate surface area is 226 Å². The van der Waals surface area contributed by atoms with Gasteiger partial charge >= 0.3 is 11.9 Å². The number of hydrogen-bond acceptors (Lipinski definition) is 6. The van der Waals surface area contributed by atoms with Crippen LogP contribution in [0.3, 0.4) is 0 Å². The highest BCUT2D eigenvalue weighted by Gasteiger charge is 2.45. The SMILES string of the molecule is COC(=O)C1=C(C)C2=C(CCC(OC)=C2)C2=C(C3CCCCC3)C3CC=C(C(=O)OC(C)(C)C)C=C3N2C1. The number of carbonyl (C=O) groups is 2. The summed E-state index contributed by atoms with van der Waals surface area (Å²) in [6, 6.07) is 0. The van der Waals surface area contributed by atoms with E-state index in [1.165, 1.54) is 56.1 Å². The fraction of sp³-hybridized carbons (Fsp3) is 0.562. The van der Waals surface area contributed by atoms with Crippen molar-refractivity contribution in [3.63, 3.8) is 0 Å². The average Bonchev–Trinajstić information content (AvgIpc) is 3.16. The summed E-state index contributed by atoms with van der Waals surface area (Å²) in [5, 5.41) is 0. The highest BCUT2D eigenvalue weighted by Crippen LogP contribution is 2.54. The maximum atomic E-state index is 13.1. The number of carbonyl (C=O) groups excluding carboxylic acids is 2. The summed E-state index contributed by atoms with van der Waals surface area (Å²) in [5.74, 6) is 1.05. The zero-order valence-corrected chi connectivity index (χ0v) is 23.7. The first-order valence-electron chi connectivity index (χ1n) is 14.1. The lowest BCUT2D eigenvalue weighted by Crippen LogP contribution is -2.29. The maximum absolute atomic E-state index is 13.1. The molecule has 204 valence electrons. The van der Waals surface area contributed by atoms with Gasteiger partial charge in [0.2, 0.25) is 0 Å². The van der Waals surface area contributed by atoms with Crippen LogP contribution in [-0.2, 0) is 23.8 Å². The second-order valence-corrected chi connectivity index (χ2v) is 12.0. The molecule has 5 aliphatic rings. The lowest BCUT2D eigenvalue weighted by Gasteiger charge is -2.29. The minimum atomic E-state index is -0.562. The largest absolute Gasteiger partial charge is 0.501 e. The topological polar surface area (TPSA) is 65.1 Å². The van der Waals surface area contributed by atoms with Crippen LogP contribution in [0.15, 0.2) is 68.8 Å². The Hall–Kier alpha value is -3.02. The van der Waals surface area contributed by atoms with E-state index in [1.807, 2.05) is 33.8 Å². The van der Waals surface area contributed by atoms with E-state index in [4.69, 9.17) is 14.2 Å². The predicted molar refractivity (Wildman–Crippen MR) is 146 cm³/mol. The zero-order chi connectivity index (χ0) is 27.2. The highest BCUT2D eigenvalue weighted by atomic mass is 16.6. The van der Waals surface area contributed by atoms with E-state index in [0.717, 1.165) is 41.9 Å². The Morgan fingerprint density at radius 2 is 1.74 bits per heavy atom. The molecular formula is C32H41NO5. The van der Waals surface area contributed by atoms with Crippen LogP contribution in [0.4, 0.5) is 0 Å². The van der Waals surface area contributed by atoms with Crippen molar-refractivity contribution < 1.29 is 23.8 Å². The minimum Gasteiger partial charge on any atom is -0.501 e. The first-order valence-corrected chi connectivity index (χ1v) is 14.1. The van der Waals surface area contributed by atoms with Gasteiger partial charge in [0, 0.05) is 23.7 Å². The van der Waals surface area contributed by atoms with Gasteiger partial charge in [-0.3, -0.25) is 0 Å². The molecule has 6 heteroatoms. The van der Waals surface area contributed by atoms with Crippen LogP contribution in [0.25, 0.3) is 0 Å². The molecule has 0 radical (unpaired) electrons. The highest BCUT2D eigenvalue weighted by molar-refractivity contribution is 5.93. The van der Waals surface area contributed by atoms with Crippen molar-refractivity contribution >= 4 is 11.9 Å². The van der Waals surface area contributed by atoms with Gasteiger partial charge in [-0.1, -0.05) is 25.3 Å². The fourth-order valence-corrected chi connectivity index (χ4v) is 6.79. The predicted octanol–water partition coefficient (Wildman–Crippen LogP) is 6.43. The fourth-order valence-electron chi connectivity index (χ4n) is 6.79. The van der Waals surface area contributed by atoms with E-state index in [-0.39, 0.29) is 17.9 Å². The molecule has 0 spiro atoms. The number of esters is 2. The van der Waals surface area contributed by atoms with Crippen LogP contribution in [-0.4, -0.2) is 43.2 Å². The van der Waals surface area contributed by atoms with E-state index in [2.05, 4.69) is 17.1 Å². The molecule has 0 saturated heterocycles. The Morgan fingerprint density at radius 3 is 2.39 bits per heavy atom. The van der Waals surface area contributed by atoms with Crippen molar-refractivity contribution in [3.8, 4) is 0 Å². The van der Waals surface area contributed by atoms with Crippen LogP contribution < -0.4 is 0 Å². The normalized spacial score (nSPS) is 24.1. The molecule has 0 bridgehead atoms. The van der Waals surface area contributed by atoms with Crippen molar-refractivity contribution in [1.82, 2.24) is 4.90 Å². The van der Waals surface area contributed by atoms with Crippen LogP contribution in [0.2, 0.25) is 0 Å². The smallest absolute Gasteiger partial charge is 0.338 e. The number of rotatable bonds is 4. The average molecular weight is 520 g/mol. The van der Waals surface area contributed by atoms with Gasteiger partial charge in [-0.15, -0.1) is 0 Å². The Kier molecular flexibility index (Phi) is 7.19. The molecule has 1 atom stereocenters. The van der Waals surface area contributed by atoms with E-state index < -0.39 is 5.60 Å². The third kappa shape index (κ3) is 4.78. The molecule has 1 fully saturated rings. The maximum Gasteiger partial charge on any atom is 0.338 e. The molecular weight excluding hydrogens is 478 g/mol. The lowest BCUT2D eigenvalue weighted by molar-refractivity contribution is -0.149. The van der Waals surface area contributed by atoms with Gasteiger partial charge in [0.1, 0.15) is 5.60 Å². The number of allylic oxidation sites excluding steroid dienone is 7. The van der Waals surface area contributed by atoms with Crippen molar-refractivity contribution in [3.05, 3.63) is 68.8 Å². The van der Waals surface area contributed by atoms with Gasteiger partial charge in [-0.25, -0.2) is 9.59 Å². The molecule has 3 aliphatic carbocycles. The molecule has 2 aliphatic heterocycles. The lowest BCUT2D eigenvalue weighted by atomic mass is 9.74. The quantitative estimate of drug-likeness (QED) is 0.399. The number of nitrogens with zero attached hydrogens (tertiary/aromatic N) is 1.